The molecule has 3 aromatic carbocycles. The topological polar surface area (TPSA) is 59.8 Å². The zero-order chi connectivity index (χ0) is 23.2. The first-order valence-electron chi connectivity index (χ1n) is 10.4. The molecule has 1 heterocycles. The van der Waals surface area contributed by atoms with E-state index >= 15 is 0 Å². The summed E-state index contributed by atoms with van der Waals surface area (Å²) < 4.78 is 15.0. The van der Waals surface area contributed by atoms with Gasteiger partial charge < -0.3 is 5.32 Å². The van der Waals surface area contributed by atoms with Gasteiger partial charge in [-0.05, 0) is 47.9 Å². The monoisotopic (exact) mass is 480 g/mol. The van der Waals surface area contributed by atoms with Crippen LogP contribution in [0.15, 0.2) is 78.0 Å². The van der Waals surface area contributed by atoms with Gasteiger partial charge in [0.2, 0.25) is 5.91 Å². The van der Waals surface area contributed by atoms with Crippen molar-refractivity contribution in [2.24, 2.45) is 0 Å². The highest BCUT2D eigenvalue weighted by Crippen LogP contribution is 2.28. The van der Waals surface area contributed by atoms with E-state index in [2.05, 4.69) is 27.6 Å². The predicted molar refractivity (Wildman–Crippen MR) is 129 cm³/mol. The van der Waals surface area contributed by atoms with Gasteiger partial charge in [0.25, 0.3) is 0 Å². The fourth-order valence-corrected chi connectivity index (χ4v) is 4.41. The zero-order valence-electron chi connectivity index (χ0n) is 18.0. The summed E-state index contributed by atoms with van der Waals surface area (Å²) in [6.07, 6.45) is 0.153. The molecule has 0 radical (unpaired) electrons. The number of nitrogens with one attached hydrogen (secondary N) is 1. The molecule has 0 aliphatic heterocycles. The molecule has 5 nitrogen and oxygen atoms in total. The largest absolute Gasteiger partial charge is 0.348 e. The third kappa shape index (κ3) is 6.00. The van der Waals surface area contributed by atoms with Crippen molar-refractivity contribution in [3.8, 4) is 5.69 Å². The van der Waals surface area contributed by atoms with Gasteiger partial charge in [-0.15, -0.1) is 10.2 Å². The first-order valence-corrected chi connectivity index (χ1v) is 11.7. The molecule has 0 unspecified atom stereocenters. The SMILES string of the molecule is Cc1ccc(Cl)cc1-n1c(CNC(=O)Cc2ccc(F)cc2)nnc1SCc1ccccc1. The second-order valence-corrected chi connectivity index (χ2v) is 8.90. The average Bonchev–Trinajstić information content (AvgIpc) is 3.22. The van der Waals surface area contributed by atoms with E-state index in [4.69, 9.17) is 11.6 Å². The van der Waals surface area contributed by atoms with Crippen molar-refractivity contribution in [2.75, 3.05) is 0 Å². The molecule has 1 N–H and O–H groups in total. The minimum atomic E-state index is -0.329. The van der Waals surface area contributed by atoms with Crippen molar-refractivity contribution in [1.29, 1.82) is 0 Å². The van der Waals surface area contributed by atoms with Crippen LogP contribution < -0.4 is 5.32 Å². The van der Waals surface area contributed by atoms with Crippen molar-refractivity contribution in [3.05, 3.63) is 106 Å². The number of benzene rings is 3. The Morgan fingerprint density at radius 2 is 1.79 bits per heavy atom. The van der Waals surface area contributed by atoms with E-state index in [9.17, 15) is 9.18 Å². The van der Waals surface area contributed by atoms with Crippen LogP contribution in [0.2, 0.25) is 5.02 Å². The molecular formula is C25H22ClFN4OS. The fraction of sp³-hybridized carbons (Fsp3) is 0.160. The summed E-state index contributed by atoms with van der Waals surface area (Å²) >= 11 is 7.85. The number of carbonyl (C=O) groups excluding carboxylic acids is 1. The maximum absolute atomic E-state index is 13.1. The molecule has 0 atom stereocenters. The van der Waals surface area contributed by atoms with E-state index in [0.717, 1.165) is 22.6 Å². The Morgan fingerprint density at radius 1 is 1.03 bits per heavy atom. The van der Waals surface area contributed by atoms with Crippen molar-refractivity contribution in [2.45, 2.75) is 30.8 Å². The summed E-state index contributed by atoms with van der Waals surface area (Å²) in [4.78, 5) is 12.5. The molecule has 0 saturated carbocycles. The lowest BCUT2D eigenvalue weighted by atomic mass is 10.1. The molecule has 4 rings (SSSR count). The highest BCUT2D eigenvalue weighted by molar-refractivity contribution is 7.98. The van der Waals surface area contributed by atoms with Crippen molar-refractivity contribution in [1.82, 2.24) is 20.1 Å². The van der Waals surface area contributed by atoms with Gasteiger partial charge in [-0.2, -0.15) is 0 Å². The van der Waals surface area contributed by atoms with Gasteiger partial charge in [0.05, 0.1) is 18.7 Å². The molecule has 8 heteroatoms. The van der Waals surface area contributed by atoms with Gasteiger partial charge in [0, 0.05) is 10.8 Å². The number of amides is 1. The molecule has 0 fully saturated rings. The predicted octanol–water partition coefficient (Wildman–Crippen LogP) is 5.52. The minimum Gasteiger partial charge on any atom is -0.348 e. The Bertz CT molecular complexity index is 1250. The van der Waals surface area contributed by atoms with Crippen LogP contribution in [0, 0.1) is 12.7 Å². The summed E-state index contributed by atoms with van der Waals surface area (Å²) in [5.74, 6) is 0.820. The number of nitrogens with zero attached hydrogens (tertiary/aromatic N) is 3. The second kappa shape index (κ2) is 10.6. The number of halogens is 2. The minimum absolute atomic E-state index is 0.153. The van der Waals surface area contributed by atoms with Gasteiger partial charge in [0.1, 0.15) is 5.82 Å². The lowest BCUT2D eigenvalue weighted by molar-refractivity contribution is -0.120. The fourth-order valence-electron chi connectivity index (χ4n) is 3.32. The Hall–Kier alpha value is -3.16. The van der Waals surface area contributed by atoms with Gasteiger partial charge in [-0.1, -0.05) is 71.9 Å². The van der Waals surface area contributed by atoms with Crippen molar-refractivity contribution in [3.63, 3.8) is 0 Å². The van der Waals surface area contributed by atoms with E-state index in [0.29, 0.717) is 16.0 Å². The van der Waals surface area contributed by atoms with Crippen LogP contribution in [0.4, 0.5) is 4.39 Å². The number of thioether (sulfide) groups is 1. The molecule has 0 saturated heterocycles. The third-order valence-corrected chi connectivity index (χ3v) is 6.28. The molecular weight excluding hydrogens is 459 g/mol. The maximum Gasteiger partial charge on any atom is 0.224 e. The lowest BCUT2D eigenvalue weighted by Gasteiger charge is -2.14. The maximum atomic E-state index is 13.1. The number of carbonyl (C=O) groups is 1. The quantitative estimate of drug-likeness (QED) is 0.337. The van der Waals surface area contributed by atoms with Crippen LogP contribution in [-0.4, -0.2) is 20.7 Å². The molecule has 0 bridgehead atoms. The lowest BCUT2D eigenvalue weighted by Crippen LogP contribution is -2.26. The molecule has 4 aromatic rings. The number of hydrogen-bond donors (Lipinski definition) is 1. The van der Waals surface area contributed by atoms with E-state index < -0.39 is 0 Å². The summed E-state index contributed by atoms with van der Waals surface area (Å²) in [5.41, 5.74) is 3.79. The van der Waals surface area contributed by atoms with E-state index in [-0.39, 0.29) is 24.7 Å². The van der Waals surface area contributed by atoms with Crippen LogP contribution in [0.1, 0.15) is 22.5 Å². The van der Waals surface area contributed by atoms with E-state index in [1.54, 1.807) is 23.9 Å². The Morgan fingerprint density at radius 3 is 2.55 bits per heavy atom. The molecule has 0 aliphatic rings. The Labute approximate surface area is 201 Å². The van der Waals surface area contributed by atoms with Crippen molar-refractivity contribution >= 4 is 29.3 Å². The molecule has 168 valence electrons. The molecule has 0 aliphatic carbocycles. The zero-order valence-corrected chi connectivity index (χ0v) is 19.5. The first-order chi connectivity index (χ1) is 16.0. The van der Waals surface area contributed by atoms with E-state index in [1.165, 1.54) is 17.7 Å². The number of aryl methyl sites for hydroxylation is 1. The summed E-state index contributed by atoms with van der Waals surface area (Å²) in [5, 5.41) is 13.0. The highest BCUT2D eigenvalue weighted by Gasteiger charge is 2.17. The molecule has 0 spiro atoms. The highest BCUT2D eigenvalue weighted by atomic mass is 35.5. The third-order valence-electron chi connectivity index (χ3n) is 5.04. The summed E-state index contributed by atoms with van der Waals surface area (Å²) in [7, 11) is 0. The standard InChI is InChI=1S/C25H22ClFN4OS/c1-17-7-10-20(26)14-22(17)31-23(15-28-24(32)13-18-8-11-21(27)12-9-18)29-30-25(31)33-16-19-5-3-2-4-6-19/h2-12,14H,13,15-16H2,1H3,(H,28,32). The molecule has 1 aromatic heterocycles. The van der Waals surface area contributed by atoms with Gasteiger partial charge >= 0.3 is 0 Å². The molecule has 1 amide bonds. The van der Waals surface area contributed by atoms with Crippen LogP contribution >= 0.6 is 23.4 Å². The average molecular weight is 481 g/mol. The van der Waals surface area contributed by atoms with Crippen LogP contribution in [0.25, 0.3) is 5.69 Å². The number of aromatic nitrogens is 3. The normalized spacial score (nSPS) is 10.9. The van der Waals surface area contributed by atoms with E-state index in [1.807, 2.05) is 47.9 Å². The van der Waals surface area contributed by atoms with Crippen LogP contribution in [0.5, 0.6) is 0 Å². The smallest absolute Gasteiger partial charge is 0.224 e. The number of hydrogen-bond acceptors (Lipinski definition) is 4. The van der Waals surface area contributed by atoms with Gasteiger partial charge in [-0.25, -0.2) is 4.39 Å². The number of rotatable bonds is 8. The van der Waals surface area contributed by atoms with Crippen LogP contribution in [-0.2, 0) is 23.5 Å². The summed E-state index contributed by atoms with van der Waals surface area (Å²) in [6.45, 7) is 2.19. The van der Waals surface area contributed by atoms with Crippen molar-refractivity contribution < 1.29 is 9.18 Å². The second-order valence-electron chi connectivity index (χ2n) is 7.52. The Balaban J connectivity index is 1.55. The van der Waals surface area contributed by atoms with Crippen LogP contribution in [0.3, 0.4) is 0 Å². The summed E-state index contributed by atoms with van der Waals surface area (Å²) in [6, 6.07) is 21.7. The van der Waals surface area contributed by atoms with Gasteiger partial charge in [0.15, 0.2) is 11.0 Å². The first kappa shape index (κ1) is 23.0. The van der Waals surface area contributed by atoms with Gasteiger partial charge in [-0.3, -0.25) is 9.36 Å². The Kier molecular flexibility index (Phi) is 7.42. The molecule has 33 heavy (non-hydrogen) atoms.